The average molecular weight is 458 g/mol. The van der Waals surface area contributed by atoms with Crippen LogP contribution in [0.5, 0.6) is 0 Å². The summed E-state index contributed by atoms with van der Waals surface area (Å²) in [5.74, 6) is -1.27. The number of benzene rings is 1. The van der Waals surface area contributed by atoms with Gasteiger partial charge in [-0.2, -0.15) is 13.2 Å². The van der Waals surface area contributed by atoms with E-state index < -0.39 is 23.6 Å². The Morgan fingerprint density at radius 2 is 1.74 bits per heavy atom. The zero-order valence-corrected chi connectivity index (χ0v) is 14.4. The van der Waals surface area contributed by atoms with Crippen molar-refractivity contribution >= 4 is 49.4 Å². The Morgan fingerprint density at radius 3 is 2.22 bits per heavy atom. The quantitative estimate of drug-likeness (QED) is 0.682. The highest BCUT2D eigenvalue weighted by molar-refractivity contribution is 9.11. The van der Waals surface area contributed by atoms with Gasteiger partial charge in [-0.1, -0.05) is 0 Å². The predicted molar refractivity (Wildman–Crippen MR) is 82.4 cm³/mol. The van der Waals surface area contributed by atoms with E-state index in [1.165, 1.54) is 0 Å². The van der Waals surface area contributed by atoms with E-state index in [9.17, 15) is 22.8 Å². The molecule has 0 aliphatic carbocycles. The van der Waals surface area contributed by atoms with E-state index in [1.807, 2.05) is 0 Å². The van der Waals surface area contributed by atoms with E-state index in [4.69, 9.17) is 5.11 Å². The third kappa shape index (κ3) is 3.75. The van der Waals surface area contributed by atoms with Gasteiger partial charge in [0.1, 0.15) is 5.70 Å². The maximum absolute atomic E-state index is 12.7. The number of amides is 2. The zero-order valence-electron chi connectivity index (χ0n) is 11.2. The minimum absolute atomic E-state index is 0.0703. The van der Waals surface area contributed by atoms with Crippen molar-refractivity contribution in [1.82, 2.24) is 4.90 Å². The van der Waals surface area contributed by atoms with Crippen LogP contribution in [-0.4, -0.2) is 35.0 Å². The van der Waals surface area contributed by atoms with Gasteiger partial charge in [0.05, 0.1) is 24.4 Å². The van der Waals surface area contributed by atoms with Crippen LogP contribution in [0.4, 0.5) is 18.9 Å². The number of anilines is 1. The third-order valence-corrected chi connectivity index (χ3v) is 4.21. The summed E-state index contributed by atoms with van der Waals surface area (Å²) in [5.41, 5.74) is -0.785. The molecule has 1 heterocycles. The number of β-amino-alcohol motifs (C(OH)–C–C–N with tert-alkyl or cyclic N) is 1. The van der Waals surface area contributed by atoms with Gasteiger partial charge in [-0.15, -0.1) is 0 Å². The van der Waals surface area contributed by atoms with Gasteiger partial charge in [0.2, 0.25) is 0 Å². The normalized spacial score (nSPS) is 15.2. The van der Waals surface area contributed by atoms with Gasteiger partial charge in [-0.3, -0.25) is 14.5 Å². The van der Waals surface area contributed by atoms with Crippen molar-refractivity contribution in [3.8, 4) is 0 Å². The molecular formula is C13H9Br2F3N2O3. The molecule has 0 saturated heterocycles. The zero-order chi connectivity index (χ0) is 17.4. The molecule has 5 nitrogen and oxygen atoms in total. The first-order chi connectivity index (χ1) is 10.6. The van der Waals surface area contributed by atoms with Crippen LogP contribution in [0.25, 0.3) is 0 Å². The lowest BCUT2D eigenvalue weighted by molar-refractivity contribution is -0.138. The Balaban J connectivity index is 2.30. The van der Waals surface area contributed by atoms with Crippen LogP contribution < -0.4 is 5.32 Å². The molecule has 10 heteroatoms. The monoisotopic (exact) mass is 456 g/mol. The number of nitrogens with zero attached hydrogens (tertiary/aromatic N) is 1. The molecule has 0 bridgehead atoms. The largest absolute Gasteiger partial charge is 0.416 e. The van der Waals surface area contributed by atoms with E-state index in [-0.39, 0.29) is 33.5 Å². The number of carbonyl (C=O) groups excluding carboxylic acids is 2. The van der Waals surface area contributed by atoms with Crippen LogP contribution in [0, 0.1) is 0 Å². The summed E-state index contributed by atoms with van der Waals surface area (Å²) in [6.45, 7) is -0.541. The highest BCUT2D eigenvalue weighted by atomic mass is 79.9. The summed E-state index contributed by atoms with van der Waals surface area (Å²) >= 11 is 6.02. The van der Waals surface area contributed by atoms with Crippen molar-refractivity contribution in [3.05, 3.63) is 38.4 Å². The van der Waals surface area contributed by atoms with E-state index >= 15 is 0 Å². The third-order valence-electron chi connectivity index (χ3n) is 2.96. The molecule has 0 saturated carbocycles. The van der Waals surface area contributed by atoms with Crippen LogP contribution >= 0.6 is 31.9 Å². The van der Waals surface area contributed by atoms with Gasteiger partial charge in [-0.25, -0.2) is 0 Å². The highest BCUT2D eigenvalue weighted by Gasteiger charge is 2.34. The highest BCUT2D eigenvalue weighted by Crippen LogP contribution is 2.39. The Morgan fingerprint density at radius 1 is 1.17 bits per heavy atom. The fourth-order valence-electron chi connectivity index (χ4n) is 1.90. The molecule has 0 atom stereocenters. The lowest BCUT2D eigenvalue weighted by atomic mass is 10.2. The summed E-state index contributed by atoms with van der Waals surface area (Å²) < 4.78 is 38.3. The van der Waals surface area contributed by atoms with Crippen LogP contribution in [0.3, 0.4) is 0 Å². The van der Waals surface area contributed by atoms with Gasteiger partial charge in [0.25, 0.3) is 11.8 Å². The van der Waals surface area contributed by atoms with E-state index in [0.717, 1.165) is 23.1 Å². The minimum atomic E-state index is -4.51. The molecule has 1 aromatic rings. The average Bonchev–Trinajstić information content (AvgIpc) is 2.69. The van der Waals surface area contributed by atoms with Crippen molar-refractivity contribution in [1.29, 1.82) is 0 Å². The molecule has 2 N–H and O–H groups in total. The molecule has 0 fully saturated rings. The van der Waals surface area contributed by atoms with Crippen molar-refractivity contribution in [2.75, 3.05) is 18.5 Å². The standard InChI is InChI=1S/C13H9Br2F3N2O3/c14-7-3-6(13(16,17)18)4-8(15)11(7)19-9-5-10(22)20(1-2-21)12(9)23/h3-5,19,21H,1-2H2. The summed E-state index contributed by atoms with van der Waals surface area (Å²) in [5, 5.41) is 11.5. The molecule has 0 unspecified atom stereocenters. The first-order valence-electron chi connectivity index (χ1n) is 6.16. The molecule has 1 aliphatic heterocycles. The number of hydrogen-bond donors (Lipinski definition) is 2. The molecule has 0 aromatic heterocycles. The number of alkyl halides is 3. The van der Waals surface area contributed by atoms with Crippen molar-refractivity contribution in [2.45, 2.75) is 6.18 Å². The van der Waals surface area contributed by atoms with Crippen molar-refractivity contribution in [2.24, 2.45) is 0 Å². The molecule has 1 aromatic carbocycles. The maximum atomic E-state index is 12.7. The summed E-state index contributed by atoms with van der Waals surface area (Å²) in [7, 11) is 0. The molecule has 1 aliphatic rings. The number of aliphatic hydroxyl groups is 1. The molecule has 0 spiro atoms. The number of nitrogens with one attached hydrogen (secondary N) is 1. The number of carbonyl (C=O) groups is 2. The molecule has 0 radical (unpaired) electrons. The number of halogens is 5. The number of imide groups is 1. The SMILES string of the molecule is O=C1C=C(Nc2c(Br)cc(C(F)(F)F)cc2Br)C(=O)N1CCO. The Hall–Kier alpha value is -1.39. The van der Waals surface area contributed by atoms with Gasteiger partial charge in [-0.05, 0) is 44.0 Å². The second-order valence-electron chi connectivity index (χ2n) is 4.51. The lowest BCUT2D eigenvalue weighted by Crippen LogP contribution is -2.34. The number of hydrogen-bond acceptors (Lipinski definition) is 4. The number of aliphatic hydroxyl groups excluding tert-OH is 1. The Kier molecular flexibility index (Phi) is 5.17. The summed E-state index contributed by atoms with van der Waals surface area (Å²) in [6.07, 6.45) is -3.49. The molecule has 23 heavy (non-hydrogen) atoms. The summed E-state index contributed by atoms with van der Waals surface area (Å²) in [6, 6.07) is 1.72. The first kappa shape index (κ1) is 18.0. The minimum Gasteiger partial charge on any atom is -0.395 e. The Bertz CT molecular complexity index is 681. The number of rotatable bonds is 4. The topological polar surface area (TPSA) is 69.6 Å². The van der Waals surface area contributed by atoms with Gasteiger partial charge in [0.15, 0.2) is 0 Å². The Labute approximate surface area is 145 Å². The van der Waals surface area contributed by atoms with E-state index in [0.29, 0.717) is 0 Å². The van der Waals surface area contributed by atoms with Gasteiger partial charge in [0, 0.05) is 15.0 Å². The van der Waals surface area contributed by atoms with Gasteiger partial charge >= 0.3 is 6.18 Å². The van der Waals surface area contributed by atoms with Crippen LogP contribution in [-0.2, 0) is 15.8 Å². The lowest BCUT2D eigenvalue weighted by Gasteiger charge is -2.16. The van der Waals surface area contributed by atoms with Crippen molar-refractivity contribution in [3.63, 3.8) is 0 Å². The fraction of sp³-hybridized carbons (Fsp3) is 0.231. The van der Waals surface area contributed by atoms with Crippen LogP contribution in [0.1, 0.15) is 5.56 Å². The van der Waals surface area contributed by atoms with Crippen molar-refractivity contribution < 1.29 is 27.9 Å². The van der Waals surface area contributed by atoms with Crippen LogP contribution in [0.2, 0.25) is 0 Å². The predicted octanol–water partition coefficient (Wildman–Crippen LogP) is 2.89. The molecule has 2 amide bonds. The fourth-order valence-corrected chi connectivity index (χ4v) is 3.29. The first-order valence-corrected chi connectivity index (χ1v) is 7.75. The second-order valence-corrected chi connectivity index (χ2v) is 6.22. The molecule has 124 valence electrons. The second kappa shape index (κ2) is 6.62. The summed E-state index contributed by atoms with van der Waals surface area (Å²) in [4.78, 5) is 24.5. The van der Waals surface area contributed by atoms with Gasteiger partial charge < -0.3 is 10.4 Å². The molecule has 2 rings (SSSR count). The molecular weight excluding hydrogens is 449 g/mol. The maximum Gasteiger partial charge on any atom is 0.416 e. The smallest absolute Gasteiger partial charge is 0.395 e. The van der Waals surface area contributed by atoms with E-state index in [1.54, 1.807) is 0 Å². The van der Waals surface area contributed by atoms with Crippen LogP contribution in [0.15, 0.2) is 32.9 Å². The van der Waals surface area contributed by atoms with E-state index in [2.05, 4.69) is 37.2 Å².